The molecular weight excluding hydrogens is 210 g/mol. The number of hydrogen-bond donors (Lipinski definition) is 1. The van der Waals surface area contributed by atoms with Crippen molar-refractivity contribution in [2.75, 3.05) is 7.11 Å². The van der Waals surface area contributed by atoms with Crippen molar-refractivity contribution >= 4 is 11.6 Å². The van der Waals surface area contributed by atoms with Crippen LogP contribution in [0.1, 0.15) is 24.5 Å². The molecule has 0 saturated carbocycles. The Bertz CT molecular complexity index is 339. The Balaban J connectivity index is 3.03. The lowest BCUT2D eigenvalue weighted by atomic mass is 10.0. The van der Waals surface area contributed by atoms with E-state index in [-0.39, 0.29) is 6.04 Å². The predicted octanol–water partition coefficient (Wildman–Crippen LogP) is 2.94. The Morgan fingerprint density at radius 2 is 2.13 bits per heavy atom. The van der Waals surface area contributed by atoms with E-state index in [0.717, 1.165) is 34.7 Å². The molecule has 15 heavy (non-hydrogen) atoms. The summed E-state index contributed by atoms with van der Waals surface area (Å²) >= 11 is 6.01. The summed E-state index contributed by atoms with van der Waals surface area (Å²) in [5.74, 6) is 0.906. The molecule has 0 saturated heterocycles. The zero-order chi connectivity index (χ0) is 11.4. The lowest BCUT2D eigenvalue weighted by molar-refractivity contribution is 0.404. The van der Waals surface area contributed by atoms with Crippen LogP contribution in [0.2, 0.25) is 5.02 Å². The molecule has 0 spiro atoms. The van der Waals surface area contributed by atoms with E-state index in [2.05, 4.69) is 6.92 Å². The Morgan fingerprint density at radius 3 is 2.67 bits per heavy atom. The van der Waals surface area contributed by atoms with Crippen LogP contribution in [0.5, 0.6) is 5.75 Å². The zero-order valence-corrected chi connectivity index (χ0v) is 10.3. The lowest BCUT2D eigenvalue weighted by Crippen LogP contribution is -2.21. The van der Waals surface area contributed by atoms with Crippen LogP contribution < -0.4 is 10.5 Å². The van der Waals surface area contributed by atoms with Gasteiger partial charge in [-0.15, -0.1) is 0 Å². The fourth-order valence-electron chi connectivity index (χ4n) is 1.67. The molecule has 1 unspecified atom stereocenters. The highest BCUT2D eigenvalue weighted by molar-refractivity contribution is 6.30. The minimum Gasteiger partial charge on any atom is -0.496 e. The highest BCUT2D eigenvalue weighted by Gasteiger charge is 2.10. The second-order valence-electron chi connectivity index (χ2n) is 3.79. The third-order valence-corrected chi connectivity index (χ3v) is 2.75. The van der Waals surface area contributed by atoms with Gasteiger partial charge in [0, 0.05) is 11.1 Å². The molecule has 0 aliphatic heterocycles. The third kappa shape index (κ3) is 3.11. The van der Waals surface area contributed by atoms with E-state index in [9.17, 15) is 0 Å². The maximum Gasteiger partial charge on any atom is 0.125 e. The number of halogens is 1. The van der Waals surface area contributed by atoms with E-state index >= 15 is 0 Å². The second-order valence-corrected chi connectivity index (χ2v) is 4.22. The number of aryl methyl sites for hydroxylation is 1. The Labute approximate surface area is 96.4 Å². The summed E-state index contributed by atoms with van der Waals surface area (Å²) in [6.45, 7) is 4.07. The van der Waals surface area contributed by atoms with Gasteiger partial charge < -0.3 is 10.5 Å². The first kappa shape index (κ1) is 12.3. The van der Waals surface area contributed by atoms with E-state index in [1.165, 1.54) is 0 Å². The Hall–Kier alpha value is -0.730. The van der Waals surface area contributed by atoms with Gasteiger partial charge in [0.1, 0.15) is 5.75 Å². The van der Waals surface area contributed by atoms with Crippen molar-refractivity contribution in [3.63, 3.8) is 0 Å². The molecule has 0 bridgehead atoms. The SMILES string of the molecule is CCC(N)Cc1cc(Cl)cc(C)c1OC. The van der Waals surface area contributed by atoms with Crippen LogP contribution in [0.4, 0.5) is 0 Å². The van der Waals surface area contributed by atoms with Gasteiger partial charge >= 0.3 is 0 Å². The van der Waals surface area contributed by atoms with E-state index in [1.807, 2.05) is 19.1 Å². The summed E-state index contributed by atoms with van der Waals surface area (Å²) in [6, 6.07) is 4.00. The minimum absolute atomic E-state index is 0.164. The number of benzene rings is 1. The molecule has 0 aliphatic carbocycles. The molecule has 1 aromatic rings. The fourth-order valence-corrected chi connectivity index (χ4v) is 1.97. The largest absolute Gasteiger partial charge is 0.496 e. The van der Waals surface area contributed by atoms with E-state index < -0.39 is 0 Å². The number of rotatable bonds is 4. The summed E-state index contributed by atoms with van der Waals surface area (Å²) in [4.78, 5) is 0. The molecule has 1 aromatic carbocycles. The summed E-state index contributed by atoms with van der Waals surface area (Å²) in [5, 5.41) is 0.742. The minimum atomic E-state index is 0.164. The summed E-state index contributed by atoms with van der Waals surface area (Å²) in [5.41, 5.74) is 8.08. The molecule has 0 amide bonds. The smallest absolute Gasteiger partial charge is 0.125 e. The van der Waals surface area contributed by atoms with E-state index in [0.29, 0.717) is 0 Å². The quantitative estimate of drug-likeness (QED) is 0.859. The van der Waals surface area contributed by atoms with Gasteiger partial charge in [0.05, 0.1) is 7.11 Å². The Kier molecular flexibility index (Phi) is 4.43. The van der Waals surface area contributed by atoms with Gasteiger partial charge in [-0.2, -0.15) is 0 Å². The van der Waals surface area contributed by atoms with Crippen LogP contribution in [0.3, 0.4) is 0 Å². The van der Waals surface area contributed by atoms with Crippen molar-refractivity contribution in [3.05, 3.63) is 28.3 Å². The monoisotopic (exact) mass is 227 g/mol. The van der Waals surface area contributed by atoms with Crippen molar-refractivity contribution in [1.82, 2.24) is 0 Å². The molecule has 1 atom stereocenters. The first-order valence-electron chi connectivity index (χ1n) is 5.17. The van der Waals surface area contributed by atoms with Crippen LogP contribution in [-0.2, 0) is 6.42 Å². The van der Waals surface area contributed by atoms with Crippen LogP contribution in [0.15, 0.2) is 12.1 Å². The van der Waals surface area contributed by atoms with Gasteiger partial charge in [0.15, 0.2) is 0 Å². The number of methoxy groups -OCH3 is 1. The van der Waals surface area contributed by atoms with Crippen LogP contribution in [-0.4, -0.2) is 13.2 Å². The Morgan fingerprint density at radius 1 is 1.47 bits per heavy atom. The third-order valence-electron chi connectivity index (χ3n) is 2.53. The highest BCUT2D eigenvalue weighted by atomic mass is 35.5. The number of ether oxygens (including phenoxy) is 1. The van der Waals surface area contributed by atoms with Gasteiger partial charge in [0.25, 0.3) is 0 Å². The highest BCUT2D eigenvalue weighted by Crippen LogP contribution is 2.28. The van der Waals surface area contributed by atoms with Crippen LogP contribution in [0, 0.1) is 6.92 Å². The summed E-state index contributed by atoms with van der Waals surface area (Å²) in [6.07, 6.45) is 1.76. The standard InChI is InChI=1S/C12H18ClNO/c1-4-11(14)7-9-6-10(13)5-8(2)12(9)15-3/h5-6,11H,4,7,14H2,1-3H3. The van der Waals surface area contributed by atoms with Crippen LogP contribution in [0.25, 0.3) is 0 Å². The summed E-state index contributed by atoms with van der Waals surface area (Å²) < 4.78 is 5.36. The molecule has 0 fully saturated rings. The van der Waals surface area contributed by atoms with Crippen molar-refractivity contribution in [2.45, 2.75) is 32.7 Å². The maximum absolute atomic E-state index is 6.01. The molecule has 0 aromatic heterocycles. The van der Waals surface area contributed by atoms with Crippen molar-refractivity contribution < 1.29 is 4.74 Å². The number of hydrogen-bond acceptors (Lipinski definition) is 2. The normalized spacial score (nSPS) is 12.6. The topological polar surface area (TPSA) is 35.2 Å². The van der Waals surface area contributed by atoms with Gasteiger partial charge in [0.2, 0.25) is 0 Å². The van der Waals surface area contributed by atoms with Gasteiger partial charge in [-0.3, -0.25) is 0 Å². The second kappa shape index (κ2) is 5.38. The first-order chi connectivity index (χ1) is 7.08. The molecule has 0 heterocycles. The molecular formula is C12H18ClNO. The van der Waals surface area contributed by atoms with E-state index in [1.54, 1.807) is 7.11 Å². The van der Waals surface area contributed by atoms with E-state index in [4.69, 9.17) is 22.1 Å². The first-order valence-corrected chi connectivity index (χ1v) is 5.54. The molecule has 2 nitrogen and oxygen atoms in total. The van der Waals surface area contributed by atoms with Crippen molar-refractivity contribution in [1.29, 1.82) is 0 Å². The molecule has 0 radical (unpaired) electrons. The molecule has 3 heteroatoms. The van der Waals surface area contributed by atoms with Gasteiger partial charge in [-0.25, -0.2) is 0 Å². The zero-order valence-electron chi connectivity index (χ0n) is 9.51. The van der Waals surface area contributed by atoms with Crippen molar-refractivity contribution in [2.24, 2.45) is 5.73 Å². The fraction of sp³-hybridized carbons (Fsp3) is 0.500. The molecule has 1 rings (SSSR count). The lowest BCUT2D eigenvalue weighted by Gasteiger charge is -2.15. The average molecular weight is 228 g/mol. The predicted molar refractivity (Wildman–Crippen MR) is 64.7 cm³/mol. The van der Waals surface area contributed by atoms with Gasteiger partial charge in [-0.05, 0) is 43.0 Å². The molecule has 84 valence electrons. The maximum atomic E-state index is 6.01. The average Bonchev–Trinajstić information content (AvgIpc) is 2.17. The van der Waals surface area contributed by atoms with Crippen LogP contribution >= 0.6 is 11.6 Å². The molecule has 0 aliphatic rings. The van der Waals surface area contributed by atoms with Gasteiger partial charge in [-0.1, -0.05) is 18.5 Å². The van der Waals surface area contributed by atoms with Crippen molar-refractivity contribution in [3.8, 4) is 5.75 Å². The number of nitrogens with two attached hydrogens (primary N) is 1. The summed E-state index contributed by atoms with van der Waals surface area (Å²) in [7, 11) is 1.68. The molecule has 2 N–H and O–H groups in total.